The Labute approximate surface area is 219 Å². The van der Waals surface area contributed by atoms with Crippen LogP contribution in [0.15, 0.2) is 51.9 Å². The van der Waals surface area contributed by atoms with Crippen molar-refractivity contribution in [1.82, 2.24) is 9.47 Å². The van der Waals surface area contributed by atoms with Gasteiger partial charge in [-0.3, -0.25) is 4.79 Å². The Balaban J connectivity index is 1.33. The number of carboxylic acids is 1. The fourth-order valence-electron chi connectivity index (χ4n) is 4.38. The Morgan fingerprint density at radius 3 is 2.54 bits per heavy atom. The third-order valence-corrected chi connectivity index (χ3v) is 8.80. The number of aromatic carboxylic acids is 1. The molecule has 1 saturated heterocycles. The van der Waals surface area contributed by atoms with Crippen LogP contribution in [0.25, 0.3) is 10.9 Å². The molecule has 0 radical (unpaired) electrons. The van der Waals surface area contributed by atoms with Crippen molar-refractivity contribution in [3.05, 3.63) is 74.2 Å². The molecular formula is C25H23BrFN3O3S2. The number of hydrogen-bond acceptors (Lipinski definition) is 5. The Morgan fingerprint density at radius 2 is 1.89 bits per heavy atom. The Kier molecular flexibility index (Phi) is 6.87. The highest BCUT2D eigenvalue weighted by Crippen LogP contribution is 2.38. The van der Waals surface area contributed by atoms with Crippen LogP contribution in [-0.2, 0) is 5.75 Å². The van der Waals surface area contributed by atoms with E-state index in [4.69, 9.17) is 12.2 Å². The van der Waals surface area contributed by atoms with Gasteiger partial charge < -0.3 is 19.5 Å². The van der Waals surface area contributed by atoms with Gasteiger partial charge in [-0.05, 0) is 36.6 Å². The average molecular weight is 577 g/mol. The number of thioether (sulfide) groups is 1. The number of carboxylic acid groups (broad SMARTS) is 1. The Morgan fingerprint density at radius 1 is 1.17 bits per heavy atom. The molecule has 2 aliphatic rings. The standard InChI is InChI=1S/C25H23BrFN3O3S2/c26-19-4-2-1-3-15(19)14-35-25(34)29-9-7-28(8-10-29)22-12-21-17(11-20(22)27)23(31)18(24(32)33)13-30(21)16-5-6-16/h1-4,11-13,16H,5-10,14H2,(H,32,33). The van der Waals surface area contributed by atoms with Gasteiger partial charge in [-0.2, -0.15) is 0 Å². The second-order valence-electron chi connectivity index (χ2n) is 8.76. The summed E-state index contributed by atoms with van der Waals surface area (Å²) < 4.78 is 18.9. The number of carbonyl (C=O) groups is 1. The Bertz CT molecular complexity index is 1380. The predicted octanol–water partition coefficient (Wildman–Crippen LogP) is 5.28. The van der Waals surface area contributed by atoms with Crippen molar-refractivity contribution in [3.63, 3.8) is 0 Å². The summed E-state index contributed by atoms with van der Waals surface area (Å²) in [4.78, 5) is 28.4. The van der Waals surface area contributed by atoms with Gasteiger partial charge in [-0.1, -0.05) is 58.1 Å². The van der Waals surface area contributed by atoms with Gasteiger partial charge in [0.2, 0.25) is 5.43 Å². The minimum Gasteiger partial charge on any atom is -0.477 e. The van der Waals surface area contributed by atoms with Gasteiger partial charge in [0.1, 0.15) is 15.7 Å². The summed E-state index contributed by atoms with van der Waals surface area (Å²) in [5.41, 5.74) is 1.23. The van der Waals surface area contributed by atoms with E-state index < -0.39 is 17.2 Å². The third-order valence-electron chi connectivity index (χ3n) is 6.46. The summed E-state index contributed by atoms with van der Waals surface area (Å²) in [7, 11) is 0. The maximum atomic E-state index is 15.2. The van der Waals surface area contributed by atoms with E-state index in [9.17, 15) is 14.7 Å². The predicted molar refractivity (Wildman–Crippen MR) is 145 cm³/mol. The number of nitrogens with zero attached hydrogens (tertiary/aromatic N) is 3. The highest BCUT2D eigenvalue weighted by molar-refractivity contribution is 9.10. The van der Waals surface area contributed by atoms with E-state index in [1.807, 2.05) is 27.7 Å². The molecule has 3 aromatic rings. The minimum atomic E-state index is -1.29. The third kappa shape index (κ3) is 4.96. The quantitative estimate of drug-likeness (QED) is 0.415. The molecular weight excluding hydrogens is 553 g/mol. The van der Waals surface area contributed by atoms with Gasteiger partial charge in [0.05, 0.1) is 11.2 Å². The number of pyridine rings is 1. The summed E-state index contributed by atoms with van der Waals surface area (Å²) in [6.45, 7) is 2.54. The fraction of sp³-hybridized carbons (Fsp3) is 0.320. The molecule has 0 atom stereocenters. The first-order valence-electron chi connectivity index (χ1n) is 11.3. The van der Waals surface area contributed by atoms with Crippen LogP contribution in [0.5, 0.6) is 0 Å². The van der Waals surface area contributed by atoms with E-state index in [-0.39, 0.29) is 17.0 Å². The molecule has 0 unspecified atom stereocenters. The van der Waals surface area contributed by atoms with Crippen molar-refractivity contribution < 1.29 is 14.3 Å². The highest BCUT2D eigenvalue weighted by atomic mass is 79.9. The first kappa shape index (κ1) is 24.3. The van der Waals surface area contributed by atoms with Crippen LogP contribution in [0, 0.1) is 5.82 Å². The summed E-state index contributed by atoms with van der Waals surface area (Å²) >= 11 is 10.8. The van der Waals surface area contributed by atoms with Gasteiger partial charge in [0, 0.05) is 54.0 Å². The SMILES string of the molecule is O=C(O)c1cn(C2CC2)c2cc(N3CCN(C(=S)SCc4ccccc4Br)CC3)c(F)cc2c1=O. The maximum absolute atomic E-state index is 15.2. The molecule has 1 saturated carbocycles. The van der Waals surface area contributed by atoms with Gasteiger partial charge in [-0.25, -0.2) is 9.18 Å². The monoisotopic (exact) mass is 575 g/mol. The zero-order valence-corrected chi connectivity index (χ0v) is 22.0. The molecule has 182 valence electrons. The zero-order valence-electron chi connectivity index (χ0n) is 18.7. The molecule has 6 nitrogen and oxygen atoms in total. The number of anilines is 1. The molecule has 0 spiro atoms. The van der Waals surface area contributed by atoms with Gasteiger partial charge in [-0.15, -0.1) is 0 Å². The lowest BCUT2D eigenvalue weighted by Crippen LogP contribution is -2.48. The van der Waals surface area contributed by atoms with Crippen molar-refractivity contribution in [2.75, 3.05) is 31.1 Å². The highest BCUT2D eigenvalue weighted by Gasteiger charge is 2.28. The van der Waals surface area contributed by atoms with E-state index in [0.29, 0.717) is 37.4 Å². The van der Waals surface area contributed by atoms with Crippen LogP contribution in [-0.4, -0.2) is 51.0 Å². The molecule has 1 aromatic heterocycles. The number of hydrogen-bond donors (Lipinski definition) is 1. The Hall–Kier alpha value is -2.43. The average Bonchev–Trinajstić information content (AvgIpc) is 3.69. The lowest BCUT2D eigenvalue weighted by molar-refractivity contribution is 0.0695. The van der Waals surface area contributed by atoms with Gasteiger partial charge in [0.25, 0.3) is 0 Å². The van der Waals surface area contributed by atoms with Gasteiger partial charge >= 0.3 is 5.97 Å². The first-order chi connectivity index (χ1) is 16.8. The van der Waals surface area contributed by atoms with Crippen LogP contribution < -0.4 is 10.3 Å². The van der Waals surface area contributed by atoms with Crippen molar-refractivity contribution in [2.45, 2.75) is 24.6 Å². The molecule has 10 heteroatoms. The molecule has 2 heterocycles. The van der Waals surface area contributed by atoms with Crippen LogP contribution in [0.1, 0.15) is 34.8 Å². The summed E-state index contributed by atoms with van der Waals surface area (Å²) in [6, 6.07) is 11.1. The maximum Gasteiger partial charge on any atom is 0.341 e. The lowest BCUT2D eigenvalue weighted by atomic mass is 10.1. The number of piperazine rings is 1. The summed E-state index contributed by atoms with van der Waals surface area (Å²) in [5, 5.41) is 9.54. The number of aromatic nitrogens is 1. The molecule has 0 bridgehead atoms. The van der Waals surface area contributed by atoms with Gasteiger partial charge in [0.15, 0.2) is 0 Å². The molecule has 35 heavy (non-hydrogen) atoms. The number of halogens is 2. The molecule has 1 aliphatic carbocycles. The molecule has 2 aromatic carbocycles. The molecule has 1 N–H and O–H groups in total. The molecule has 0 amide bonds. The molecule has 2 fully saturated rings. The second-order valence-corrected chi connectivity index (χ2v) is 11.2. The van der Waals surface area contributed by atoms with Crippen LogP contribution >= 0.6 is 39.9 Å². The normalized spacial score (nSPS) is 16.1. The van der Waals surface area contributed by atoms with E-state index in [2.05, 4.69) is 26.9 Å². The smallest absolute Gasteiger partial charge is 0.341 e. The van der Waals surface area contributed by atoms with Crippen molar-refractivity contribution >= 4 is 66.8 Å². The minimum absolute atomic E-state index is 0.112. The number of benzene rings is 2. The first-order valence-corrected chi connectivity index (χ1v) is 13.5. The van der Waals surface area contributed by atoms with Crippen molar-refractivity contribution in [2.24, 2.45) is 0 Å². The van der Waals surface area contributed by atoms with E-state index in [1.165, 1.54) is 17.8 Å². The summed E-state index contributed by atoms with van der Waals surface area (Å²) in [6.07, 6.45) is 3.24. The number of fused-ring (bicyclic) bond motifs is 1. The van der Waals surface area contributed by atoms with Crippen molar-refractivity contribution in [3.8, 4) is 0 Å². The molecule has 5 rings (SSSR count). The topological polar surface area (TPSA) is 65.8 Å². The van der Waals surface area contributed by atoms with E-state index in [0.717, 1.165) is 27.4 Å². The zero-order chi connectivity index (χ0) is 24.7. The van der Waals surface area contributed by atoms with Crippen LogP contribution in [0.3, 0.4) is 0 Å². The van der Waals surface area contributed by atoms with Crippen LogP contribution in [0.4, 0.5) is 10.1 Å². The van der Waals surface area contributed by atoms with Crippen molar-refractivity contribution in [1.29, 1.82) is 0 Å². The summed E-state index contributed by atoms with van der Waals surface area (Å²) in [5.74, 6) is -1.03. The number of thiocarbonyl (C=S) groups is 1. The van der Waals surface area contributed by atoms with E-state index in [1.54, 1.807) is 17.8 Å². The number of rotatable bonds is 5. The largest absolute Gasteiger partial charge is 0.477 e. The van der Waals surface area contributed by atoms with Crippen LogP contribution in [0.2, 0.25) is 0 Å². The fourth-order valence-corrected chi connectivity index (χ4v) is 6.25. The molecule has 1 aliphatic heterocycles. The van der Waals surface area contributed by atoms with E-state index >= 15 is 4.39 Å². The lowest BCUT2D eigenvalue weighted by Gasteiger charge is -2.37. The second kappa shape index (κ2) is 9.91.